The van der Waals surface area contributed by atoms with Gasteiger partial charge < -0.3 is 4.74 Å². The largest absolute Gasteiger partial charge is 0.496 e. The van der Waals surface area contributed by atoms with Crippen LogP contribution in [-0.2, 0) is 0 Å². The lowest BCUT2D eigenvalue weighted by Gasteiger charge is -2.23. The first-order chi connectivity index (χ1) is 12.9. The van der Waals surface area contributed by atoms with Crippen LogP contribution >= 0.6 is 0 Å². The monoisotopic (exact) mass is 358 g/mol. The summed E-state index contributed by atoms with van der Waals surface area (Å²) in [5.41, 5.74) is 7.27. The van der Waals surface area contributed by atoms with Crippen molar-refractivity contribution in [1.82, 2.24) is 0 Å². The van der Waals surface area contributed by atoms with Crippen molar-refractivity contribution >= 4 is 5.78 Å². The van der Waals surface area contributed by atoms with Crippen LogP contribution in [-0.4, -0.2) is 12.9 Å². The Bertz CT molecular complexity index is 934. The smallest absolute Gasteiger partial charge is 0.178 e. The number of benzene rings is 3. The van der Waals surface area contributed by atoms with E-state index in [9.17, 15) is 4.79 Å². The van der Waals surface area contributed by atoms with Gasteiger partial charge in [-0.2, -0.15) is 0 Å². The maximum Gasteiger partial charge on any atom is 0.178 e. The number of para-hydroxylation sites is 1. The highest BCUT2D eigenvalue weighted by Gasteiger charge is 2.28. The van der Waals surface area contributed by atoms with Crippen LogP contribution in [0.15, 0.2) is 60.7 Å². The lowest BCUT2D eigenvalue weighted by Crippen LogP contribution is -2.18. The van der Waals surface area contributed by atoms with E-state index in [-0.39, 0.29) is 11.7 Å². The van der Waals surface area contributed by atoms with Crippen LogP contribution in [0.1, 0.15) is 49.7 Å². The highest BCUT2D eigenvalue weighted by molar-refractivity contribution is 6.05. The maximum absolute atomic E-state index is 13.8. The molecule has 0 bridgehead atoms. The first kappa shape index (κ1) is 18.9. The average molecular weight is 358 g/mol. The molecule has 0 unspecified atom stereocenters. The molecule has 3 aromatic carbocycles. The van der Waals surface area contributed by atoms with E-state index in [4.69, 9.17) is 4.74 Å². The summed E-state index contributed by atoms with van der Waals surface area (Å²) in [7, 11) is 1.61. The third kappa shape index (κ3) is 3.80. The van der Waals surface area contributed by atoms with Gasteiger partial charge in [-0.1, -0.05) is 59.7 Å². The van der Waals surface area contributed by atoms with Gasteiger partial charge in [0.2, 0.25) is 0 Å². The van der Waals surface area contributed by atoms with Crippen LogP contribution in [0.5, 0.6) is 5.75 Å². The fourth-order valence-corrected chi connectivity index (χ4v) is 3.60. The molecular weight excluding hydrogens is 332 g/mol. The minimum absolute atomic E-state index is 0.0647. The molecule has 0 spiro atoms. The number of Topliss-reactive ketones (excluding diaryl/α,β-unsaturated/α-hetero) is 1. The van der Waals surface area contributed by atoms with Gasteiger partial charge in [0.1, 0.15) is 5.75 Å². The van der Waals surface area contributed by atoms with E-state index < -0.39 is 0 Å². The topological polar surface area (TPSA) is 26.3 Å². The first-order valence-corrected chi connectivity index (χ1v) is 9.24. The predicted molar refractivity (Wildman–Crippen MR) is 111 cm³/mol. The quantitative estimate of drug-likeness (QED) is 0.527. The Morgan fingerprint density at radius 3 is 1.81 bits per heavy atom. The minimum Gasteiger partial charge on any atom is -0.496 e. The second-order valence-corrected chi connectivity index (χ2v) is 7.22. The number of carbonyl (C=O) groups excluding carboxylic acids is 1. The standard InChI is InChI=1S/C25H26O2/c1-16-10-12-18(3)21(14-16)24(22-15-17(2)11-13-19(22)4)25(26)20-8-6-7-9-23(20)27-5/h6-15,24H,1-5H3. The van der Waals surface area contributed by atoms with Crippen LogP contribution in [0, 0.1) is 27.7 Å². The van der Waals surface area contributed by atoms with Gasteiger partial charge in [0.15, 0.2) is 5.78 Å². The molecule has 0 saturated carbocycles. The Morgan fingerprint density at radius 1 is 0.778 bits per heavy atom. The normalized spacial score (nSPS) is 10.9. The molecule has 0 N–H and O–H groups in total. The molecule has 0 saturated heterocycles. The number of hydrogen-bond donors (Lipinski definition) is 0. The third-order valence-corrected chi connectivity index (χ3v) is 5.13. The lowest BCUT2D eigenvalue weighted by atomic mass is 9.80. The van der Waals surface area contributed by atoms with Crippen LogP contribution in [0.4, 0.5) is 0 Å². The molecule has 2 heteroatoms. The van der Waals surface area contributed by atoms with Crippen LogP contribution in [0.25, 0.3) is 0 Å². The van der Waals surface area contributed by atoms with Gasteiger partial charge in [-0.3, -0.25) is 4.79 Å². The number of rotatable bonds is 5. The zero-order valence-corrected chi connectivity index (χ0v) is 16.7. The van der Waals surface area contributed by atoms with Crippen molar-refractivity contribution < 1.29 is 9.53 Å². The second kappa shape index (κ2) is 7.79. The molecule has 0 amide bonds. The maximum atomic E-state index is 13.8. The summed E-state index contributed by atoms with van der Waals surface area (Å²) >= 11 is 0. The van der Waals surface area contributed by atoms with Crippen LogP contribution < -0.4 is 4.74 Å². The molecule has 0 aliphatic rings. The van der Waals surface area contributed by atoms with Crippen molar-refractivity contribution in [3.05, 3.63) is 99.6 Å². The Balaban J connectivity index is 2.26. The van der Waals surface area contributed by atoms with E-state index in [1.807, 2.05) is 24.3 Å². The highest BCUT2D eigenvalue weighted by Crippen LogP contribution is 2.35. The highest BCUT2D eigenvalue weighted by atomic mass is 16.5. The Morgan fingerprint density at radius 2 is 1.30 bits per heavy atom. The molecular formula is C25H26O2. The summed E-state index contributed by atoms with van der Waals surface area (Å²) < 4.78 is 5.48. The SMILES string of the molecule is COc1ccccc1C(=O)C(c1cc(C)ccc1C)c1cc(C)ccc1C. The Hall–Kier alpha value is -2.87. The van der Waals surface area contributed by atoms with E-state index in [2.05, 4.69) is 64.1 Å². The predicted octanol–water partition coefficient (Wildman–Crippen LogP) is 5.94. The molecule has 3 aromatic rings. The number of methoxy groups -OCH3 is 1. The van der Waals surface area contributed by atoms with Gasteiger partial charge in [-0.05, 0) is 62.1 Å². The molecule has 0 aliphatic carbocycles. The zero-order chi connectivity index (χ0) is 19.6. The third-order valence-electron chi connectivity index (χ3n) is 5.13. The summed E-state index contributed by atoms with van der Waals surface area (Å²) in [6.45, 7) is 8.28. The van der Waals surface area contributed by atoms with E-state index in [1.54, 1.807) is 7.11 Å². The van der Waals surface area contributed by atoms with Crippen molar-refractivity contribution in [1.29, 1.82) is 0 Å². The van der Waals surface area contributed by atoms with Crippen LogP contribution in [0.3, 0.4) is 0 Å². The Kier molecular flexibility index (Phi) is 5.46. The van der Waals surface area contributed by atoms with Gasteiger partial charge in [0.25, 0.3) is 0 Å². The Labute approximate surface area is 161 Å². The van der Waals surface area contributed by atoms with Gasteiger partial charge in [0, 0.05) is 0 Å². The van der Waals surface area contributed by atoms with Crippen molar-refractivity contribution in [2.75, 3.05) is 7.11 Å². The second-order valence-electron chi connectivity index (χ2n) is 7.22. The van der Waals surface area contributed by atoms with Crippen molar-refractivity contribution in [3.8, 4) is 5.75 Å². The molecule has 138 valence electrons. The fourth-order valence-electron chi connectivity index (χ4n) is 3.60. The fraction of sp³-hybridized carbons (Fsp3) is 0.240. The zero-order valence-electron chi connectivity index (χ0n) is 16.7. The average Bonchev–Trinajstić information content (AvgIpc) is 2.67. The van der Waals surface area contributed by atoms with Crippen LogP contribution in [0.2, 0.25) is 0 Å². The minimum atomic E-state index is -0.360. The van der Waals surface area contributed by atoms with Gasteiger partial charge in [0.05, 0.1) is 18.6 Å². The van der Waals surface area contributed by atoms with Crippen molar-refractivity contribution in [2.45, 2.75) is 33.6 Å². The van der Waals surface area contributed by atoms with E-state index >= 15 is 0 Å². The van der Waals surface area contributed by atoms with Crippen molar-refractivity contribution in [2.24, 2.45) is 0 Å². The summed E-state index contributed by atoms with van der Waals surface area (Å²) in [5, 5.41) is 0. The van der Waals surface area contributed by atoms with Gasteiger partial charge in [-0.25, -0.2) is 0 Å². The first-order valence-electron chi connectivity index (χ1n) is 9.24. The van der Waals surface area contributed by atoms with Crippen molar-refractivity contribution in [3.63, 3.8) is 0 Å². The van der Waals surface area contributed by atoms with Gasteiger partial charge in [-0.15, -0.1) is 0 Å². The lowest BCUT2D eigenvalue weighted by molar-refractivity contribution is 0.0970. The number of aryl methyl sites for hydroxylation is 4. The molecule has 0 fully saturated rings. The summed E-state index contributed by atoms with van der Waals surface area (Å²) in [6.07, 6.45) is 0. The summed E-state index contributed by atoms with van der Waals surface area (Å²) in [6, 6.07) is 20.1. The number of hydrogen-bond acceptors (Lipinski definition) is 2. The summed E-state index contributed by atoms with van der Waals surface area (Å²) in [4.78, 5) is 13.8. The number of ether oxygens (including phenoxy) is 1. The molecule has 0 heterocycles. The molecule has 0 aromatic heterocycles. The van der Waals surface area contributed by atoms with E-state index in [0.717, 1.165) is 33.4 Å². The molecule has 3 rings (SSSR count). The molecule has 0 aliphatic heterocycles. The van der Waals surface area contributed by atoms with Gasteiger partial charge >= 0.3 is 0 Å². The molecule has 27 heavy (non-hydrogen) atoms. The number of carbonyl (C=O) groups is 1. The van der Waals surface area contributed by atoms with E-state index in [0.29, 0.717) is 11.3 Å². The van der Waals surface area contributed by atoms with E-state index in [1.165, 1.54) is 0 Å². The number of ketones is 1. The molecule has 0 atom stereocenters. The molecule has 0 radical (unpaired) electrons. The molecule has 2 nitrogen and oxygen atoms in total. The summed E-state index contributed by atoms with van der Waals surface area (Å²) in [5.74, 6) is 0.319.